The van der Waals surface area contributed by atoms with Gasteiger partial charge in [0.05, 0.1) is 3.79 Å². The van der Waals surface area contributed by atoms with E-state index in [-0.39, 0.29) is 12.1 Å². The molecular formula is C14H22Br2N2O2S. The Labute approximate surface area is 147 Å². The second-order valence-electron chi connectivity index (χ2n) is 5.85. The summed E-state index contributed by atoms with van der Waals surface area (Å²) in [6.45, 7) is 9.21. The van der Waals surface area contributed by atoms with Crippen molar-refractivity contribution in [1.29, 1.82) is 0 Å². The number of carbonyl (C=O) groups is 1. The molecular weight excluding hydrogens is 420 g/mol. The first kappa shape index (κ1) is 18.9. The molecule has 1 heterocycles. The van der Waals surface area contributed by atoms with Gasteiger partial charge in [-0.1, -0.05) is 0 Å². The Kier molecular flexibility index (Phi) is 7.67. The first-order valence-corrected chi connectivity index (χ1v) is 9.21. The lowest BCUT2D eigenvalue weighted by atomic mass is 10.2. The molecule has 0 aliphatic carbocycles. The Morgan fingerprint density at radius 1 is 1.43 bits per heavy atom. The quantitative estimate of drug-likeness (QED) is 0.630. The number of thiophene rings is 1. The fourth-order valence-electron chi connectivity index (χ4n) is 1.59. The molecule has 0 aromatic carbocycles. The molecule has 1 aromatic heterocycles. The van der Waals surface area contributed by atoms with E-state index in [1.165, 1.54) is 4.88 Å². The van der Waals surface area contributed by atoms with Crippen molar-refractivity contribution in [3.05, 3.63) is 19.2 Å². The van der Waals surface area contributed by atoms with E-state index in [0.29, 0.717) is 0 Å². The second-order valence-corrected chi connectivity index (χ2v) is 9.16. The number of rotatable bonds is 6. The third-order valence-corrected chi connectivity index (χ3v) is 5.77. The summed E-state index contributed by atoms with van der Waals surface area (Å²) in [6, 6.07) is 2.18. The number of halogens is 2. The van der Waals surface area contributed by atoms with Crippen LogP contribution >= 0.6 is 43.2 Å². The molecule has 0 radical (unpaired) electrons. The molecule has 1 atom stereocenters. The van der Waals surface area contributed by atoms with E-state index < -0.39 is 5.60 Å². The maximum atomic E-state index is 11.6. The Morgan fingerprint density at radius 3 is 2.62 bits per heavy atom. The highest BCUT2D eigenvalue weighted by atomic mass is 79.9. The summed E-state index contributed by atoms with van der Waals surface area (Å²) >= 11 is 8.66. The zero-order valence-electron chi connectivity index (χ0n) is 12.8. The fourth-order valence-corrected chi connectivity index (χ4v) is 3.74. The van der Waals surface area contributed by atoms with Crippen molar-refractivity contribution in [2.75, 3.05) is 6.54 Å². The smallest absolute Gasteiger partial charge is 0.407 e. The van der Waals surface area contributed by atoms with Crippen molar-refractivity contribution in [1.82, 2.24) is 10.6 Å². The van der Waals surface area contributed by atoms with Gasteiger partial charge in [-0.15, -0.1) is 11.3 Å². The minimum atomic E-state index is -0.456. The van der Waals surface area contributed by atoms with Gasteiger partial charge in [0.1, 0.15) is 5.60 Å². The SMILES string of the molecule is CC(CCNCc1cc(Br)c(Br)s1)NC(=O)OC(C)(C)C. The number of amides is 1. The lowest BCUT2D eigenvalue weighted by molar-refractivity contribution is 0.0506. The monoisotopic (exact) mass is 440 g/mol. The van der Waals surface area contributed by atoms with Crippen molar-refractivity contribution in [2.24, 2.45) is 0 Å². The van der Waals surface area contributed by atoms with Crippen LogP contribution < -0.4 is 10.6 Å². The normalized spacial score (nSPS) is 13.0. The topological polar surface area (TPSA) is 50.4 Å². The minimum Gasteiger partial charge on any atom is -0.444 e. The molecule has 1 aromatic rings. The molecule has 0 saturated heterocycles. The van der Waals surface area contributed by atoms with Crippen LogP contribution in [0.3, 0.4) is 0 Å². The van der Waals surface area contributed by atoms with Gasteiger partial charge >= 0.3 is 6.09 Å². The highest BCUT2D eigenvalue weighted by Crippen LogP contribution is 2.32. The summed E-state index contributed by atoms with van der Waals surface area (Å²) in [5.41, 5.74) is -0.456. The van der Waals surface area contributed by atoms with Gasteiger partial charge in [-0.25, -0.2) is 4.79 Å². The molecule has 0 aliphatic heterocycles. The van der Waals surface area contributed by atoms with Crippen LogP contribution in [-0.2, 0) is 11.3 Å². The Bertz CT molecular complexity index is 453. The van der Waals surface area contributed by atoms with Gasteiger partial charge in [0.2, 0.25) is 0 Å². The number of nitrogens with one attached hydrogen (secondary N) is 2. The molecule has 2 N–H and O–H groups in total. The van der Waals surface area contributed by atoms with Gasteiger partial charge in [0.15, 0.2) is 0 Å². The van der Waals surface area contributed by atoms with Crippen molar-refractivity contribution in [3.63, 3.8) is 0 Å². The molecule has 1 rings (SSSR count). The molecule has 1 amide bonds. The van der Waals surface area contributed by atoms with Crippen LogP contribution in [0, 0.1) is 0 Å². The lowest BCUT2D eigenvalue weighted by Gasteiger charge is -2.22. The highest BCUT2D eigenvalue weighted by Gasteiger charge is 2.17. The Hall–Kier alpha value is -0.110. The number of hydrogen-bond donors (Lipinski definition) is 2. The van der Waals surface area contributed by atoms with Crippen LogP contribution in [0.25, 0.3) is 0 Å². The third kappa shape index (κ3) is 8.18. The molecule has 7 heteroatoms. The van der Waals surface area contributed by atoms with Crippen LogP contribution in [-0.4, -0.2) is 24.3 Å². The van der Waals surface area contributed by atoms with Crippen molar-refractivity contribution < 1.29 is 9.53 Å². The van der Waals surface area contributed by atoms with Crippen LogP contribution in [0.5, 0.6) is 0 Å². The van der Waals surface area contributed by atoms with Crippen LogP contribution in [0.15, 0.2) is 14.3 Å². The first-order valence-electron chi connectivity index (χ1n) is 6.81. The predicted octanol–water partition coefficient (Wildman–Crippen LogP) is 4.67. The zero-order chi connectivity index (χ0) is 16.0. The third-order valence-electron chi connectivity index (χ3n) is 2.51. The van der Waals surface area contributed by atoms with Gasteiger partial charge in [0.25, 0.3) is 0 Å². The van der Waals surface area contributed by atoms with Gasteiger partial charge < -0.3 is 15.4 Å². The summed E-state index contributed by atoms with van der Waals surface area (Å²) in [6.07, 6.45) is 0.494. The van der Waals surface area contributed by atoms with E-state index in [1.54, 1.807) is 11.3 Å². The minimum absolute atomic E-state index is 0.0779. The van der Waals surface area contributed by atoms with Crippen LogP contribution in [0.1, 0.15) is 39.0 Å². The summed E-state index contributed by atoms with van der Waals surface area (Å²) < 4.78 is 7.42. The first-order chi connectivity index (χ1) is 9.67. The van der Waals surface area contributed by atoms with Gasteiger partial charge in [0, 0.05) is 21.9 Å². The number of alkyl carbamates (subject to hydrolysis) is 1. The number of carbonyl (C=O) groups excluding carboxylic acids is 1. The molecule has 0 aliphatic rings. The van der Waals surface area contributed by atoms with E-state index in [0.717, 1.165) is 27.8 Å². The molecule has 4 nitrogen and oxygen atoms in total. The van der Waals surface area contributed by atoms with E-state index in [4.69, 9.17) is 4.74 Å². The maximum Gasteiger partial charge on any atom is 0.407 e. The number of ether oxygens (including phenoxy) is 1. The molecule has 120 valence electrons. The Balaban J connectivity index is 2.18. The summed E-state index contributed by atoms with van der Waals surface area (Å²) in [5.74, 6) is 0. The zero-order valence-corrected chi connectivity index (χ0v) is 16.7. The van der Waals surface area contributed by atoms with Gasteiger partial charge in [-0.3, -0.25) is 0 Å². The molecule has 0 bridgehead atoms. The van der Waals surface area contributed by atoms with Crippen molar-refractivity contribution in [2.45, 2.75) is 52.3 Å². The molecule has 0 fully saturated rings. The fraction of sp³-hybridized carbons (Fsp3) is 0.643. The van der Waals surface area contributed by atoms with Crippen LogP contribution in [0.2, 0.25) is 0 Å². The van der Waals surface area contributed by atoms with Crippen molar-refractivity contribution >= 4 is 49.3 Å². The maximum absolute atomic E-state index is 11.6. The summed E-state index contributed by atoms with van der Waals surface area (Å²) in [7, 11) is 0. The van der Waals surface area contributed by atoms with E-state index in [9.17, 15) is 4.79 Å². The van der Waals surface area contributed by atoms with E-state index in [1.807, 2.05) is 27.7 Å². The largest absolute Gasteiger partial charge is 0.444 e. The Morgan fingerprint density at radius 2 is 2.10 bits per heavy atom. The summed E-state index contributed by atoms with van der Waals surface area (Å²) in [5, 5.41) is 6.21. The van der Waals surface area contributed by atoms with Gasteiger partial charge in [-0.2, -0.15) is 0 Å². The summed E-state index contributed by atoms with van der Waals surface area (Å²) in [4.78, 5) is 12.9. The average molecular weight is 442 g/mol. The molecule has 0 saturated carbocycles. The highest BCUT2D eigenvalue weighted by molar-refractivity contribution is 9.13. The molecule has 1 unspecified atom stereocenters. The van der Waals surface area contributed by atoms with E-state index in [2.05, 4.69) is 48.6 Å². The van der Waals surface area contributed by atoms with Crippen LogP contribution in [0.4, 0.5) is 4.79 Å². The van der Waals surface area contributed by atoms with E-state index >= 15 is 0 Å². The van der Waals surface area contributed by atoms with Gasteiger partial charge in [-0.05, 0) is 78.6 Å². The molecule has 21 heavy (non-hydrogen) atoms. The predicted molar refractivity (Wildman–Crippen MR) is 94.9 cm³/mol. The average Bonchev–Trinajstić information content (AvgIpc) is 2.61. The number of hydrogen-bond acceptors (Lipinski definition) is 4. The van der Waals surface area contributed by atoms with Crippen molar-refractivity contribution in [3.8, 4) is 0 Å². The molecule has 0 spiro atoms. The second kappa shape index (κ2) is 8.50. The standard InChI is InChI=1S/C14H22Br2N2O2S/c1-9(18-13(19)20-14(2,3)4)5-6-17-8-10-7-11(15)12(16)21-10/h7,9,17H,5-6,8H2,1-4H3,(H,18,19). The lowest BCUT2D eigenvalue weighted by Crippen LogP contribution is -2.38.